The smallest absolute Gasteiger partial charge is 0.257 e. The van der Waals surface area contributed by atoms with Gasteiger partial charge in [-0.15, -0.1) is 0 Å². The van der Waals surface area contributed by atoms with E-state index in [0.717, 1.165) is 0 Å². The largest absolute Gasteiger partial charge is 0.506 e. The van der Waals surface area contributed by atoms with E-state index in [1.807, 2.05) is 6.92 Å². The first-order valence-corrected chi connectivity index (χ1v) is 5.35. The van der Waals surface area contributed by atoms with Crippen LogP contribution >= 0.6 is 0 Å². The number of ether oxygens (including phenoxy) is 3. The molecule has 0 heterocycles. The molecule has 0 aliphatic rings. The molecule has 1 rings (SSSR count). The summed E-state index contributed by atoms with van der Waals surface area (Å²) in [6.07, 6.45) is -1.16. The van der Waals surface area contributed by atoms with Gasteiger partial charge < -0.3 is 29.2 Å². The van der Waals surface area contributed by atoms with Crippen LogP contribution in [0, 0.1) is 0 Å². The van der Waals surface area contributed by atoms with Crippen molar-refractivity contribution in [1.82, 2.24) is 0 Å². The van der Waals surface area contributed by atoms with Crippen LogP contribution in [-0.2, 0) is 13.0 Å². The van der Waals surface area contributed by atoms with Crippen molar-refractivity contribution < 1.29 is 29.2 Å². The Morgan fingerprint density at radius 2 is 2.00 bits per heavy atom. The summed E-state index contributed by atoms with van der Waals surface area (Å²) in [5.41, 5.74) is 1.26. The number of aliphatic hydroxyl groups is 1. The summed E-state index contributed by atoms with van der Waals surface area (Å²) in [4.78, 5) is 10.6. The van der Waals surface area contributed by atoms with Gasteiger partial charge in [0, 0.05) is 5.56 Å². The first-order valence-electron chi connectivity index (χ1n) is 5.35. The third-order valence-corrected chi connectivity index (χ3v) is 2.53. The summed E-state index contributed by atoms with van der Waals surface area (Å²) in [6, 6.07) is 1.51. The van der Waals surface area contributed by atoms with Crippen LogP contribution in [0.4, 0.5) is 4.79 Å². The normalized spacial score (nSPS) is 10.0. The van der Waals surface area contributed by atoms with Gasteiger partial charge in [-0.3, -0.25) is 0 Å². The second kappa shape index (κ2) is 6.11. The third kappa shape index (κ3) is 2.65. The predicted molar refractivity (Wildman–Crippen MR) is 60.9 cm³/mol. The highest BCUT2D eigenvalue weighted by molar-refractivity contribution is 5.67. The second-order valence-corrected chi connectivity index (χ2v) is 3.44. The monoisotopic (exact) mass is 255 g/mol. The average Bonchev–Trinajstić information content (AvgIpc) is 2.36. The maximum absolute atomic E-state index is 10.6. The summed E-state index contributed by atoms with van der Waals surface area (Å²) >= 11 is 0. The molecule has 0 amide bonds. The van der Waals surface area contributed by atoms with Crippen LogP contribution in [0.25, 0.3) is 0 Å². The molecule has 1 N–H and O–H groups in total. The van der Waals surface area contributed by atoms with Gasteiger partial charge in [-0.25, -0.2) is 0 Å². The summed E-state index contributed by atoms with van der Waals surface area (Å²) in [5, 5.41) is 19.8. The fourth-order valence-electron chi connectivity index (χ4n) is 1.78. The molecule has 0 aliphatic heterocycles. The van der Waals surface area contributed by atoms with E-state index >= 15 is 0 Å². The van der Waals surface area contributed by atoms with Gasteiger partial charge in [0.1, 0.15) is 17.2 Å². The van der Waals surface area contributed by atoms with E-state index in [0.29, 0.717) is 17.5 Å². The van der Waals surface area contributed by atoms with Crippen molar-refractivity contribution in [3.63, 3.8) is 0 Å². The topological polar surface area (TPSA) is 88.0 Å². The van der Waals surface area contributed by atoms with E-state index in [9.17, 15) is 15.0 Å². The molecular weight excluding hydrogens is 240 g/mol. The van der Waals surface area contributed by atoms with Gasteiger partial charge in [0.05, 0.1) is 20.8 Å². The molecule has 0 aromatic heterocycles. The standard InChI is InChI=1S/C12H16O6/c1-4-8-7(6-13)5-9(16-2)11(10(8)17-3)18-12(14)15/h5,13H,4,6H2,1-3H3,(H,14,15)/p-1. The maximum Gasteiger partial charge on any atom is 0.257 e. The van der Waals surface area contributed by atoms with Crippen LogP contribution < -0.4 is 19.3 Å². The first kappa shape index (κ1) is 14.1. The Balaban J connectivity index is 3.49. The average molecular weight is 255 g/mol. The lowest BCUT2D eigenvalue weighted by molar-refractivity contribution is -0.271. The van der Waals surface area contributed by atoms with Gasteiger partial charge in [0.25, 0.3) is 6.16 Å². The summed E-state index contributed by atoms with van der Waals surface area (Å²) in [7, 11) is 2.75. The number of benzene rings is 1. The molecular formula is C12H15O6-. The lowest BCUT2D eigenvalue weighted by Gasteiger charge is -2.21. The quantitative estimate of drug-likeness (QED) is 0.608. The number of hydrogen-bond acceptors (Lipinski definition) is 6. The predicted octanol–water partition coefficient (Wildman–Crippen LogP) is 0.481. The summed E-state index contributed by atoms with van der Waals surface area (Å²) < 4.78 is 14.7. The van der Waals surface area contributed by atoms with E-state index in [1.165, 1.54) is 20.3 Å². The lowest BCUT2D eigenvalue weighted by Crippen LogP contribution is -2.27. The number of carboxylic acid groups (broad SMARTS) is 1. The van der Waals surface area contributed by atoms with Crippen LogP contribution in [0.1, 0.15) is 18.1 Å². The second-order valence-electron chi connectivity index (χ2n) is 3.44. The molecule has 0 fully saturated rings. The molecule has 6 nitrogen and oxygen atoms in total. The maximum atomic E-state index is 10.6. The zero-order chi connectivity index (χ0) is 13.7. The third-order valence-electron chi connectivity index (χ3n) is 2.53. The molecule has 0 radical (unpaired) electrons. The molecule has 1 aromatic carbocycles. The number of methoxy groups -OCH3 is 2. The van der Waals surface area contributed by atoms with Crippen molar-refractivity contribution in [3.05, 3.63) is 17.2 Å². The molecule has 100 valence electrons. The summed E-state index contributed by atoms with van der Waals surface area (Å²) in [5.74, 6) is 0.330. The van der Waals surface area contributed by atoms with Gasteiger partial charge in [-0.1, -0.05) is 6.92 Å². The molecule has 0 atom stereocenters. The van der Waals surface area contributed by atoms with E-state index in [-0.39, 0.29) is 23.9 Å². The molecule has 6 heteroatoms. The minimum absolute atomic E-state index is 0.0611. The van der Waals surface area contributed by atoms with Crippen LogP contribution in [0.3, 0.4) is 0 Å². The molecule has 0 spiro atoms. The molecule has 0 aliphatic carbocycles. The van der Waals surface area contributed by atoms with Gasteiger partial charge >= 0.3 is 0 Å². The van der Waals surface area contributed by atoms with Crippen LogP contribution in [0.2, 0.25) is 0 Å². The fraction of sp³-hybridized carbons (Fsp3) is 0.417. The molecule has 0 unspecified atom stereocenters. The van der Waals surface area contributed by atoms with Crippen LogP contribution in [-0.4, -0.2) is 25.5 Å². The summed E-state index contributed by atoms with van der Waals surface area (Å²) in [6.45, 7) is 1.65. The number of carbonyl (C=O) groups is 1. The van der Waals surface area contributed by atoms with Crippen molar-refractivity contribution >= 4 is 6.16 Å². The number of carbonyl (C=O) groups excluding carboxylic acids is 1. The Labute approximate surface area is 105 Å². The molecule has 18 heavy (non-hydrogen) atoms. The first-order chi connectivity index (χ1) is 8.58. The van der Waals surface area contributed by atoms with Crippen molar-refractivity contribution in [2.75, 3.05) is 14.2 Å². The zero-order valence-corrected chi connectivity index (χ0v) is 10.5. The highest BCUT2D eigenvalue weighted by Crippen LogP contribution is 2.42. The SMILES string of the molecule is CCc1c(CO)cc(OC)c(OC(=O)[O-])c1OC. The van der Waals surface area contributed by atoms with Gasteiger partial charge in [0.2, 0.25) is 0 Å². The van der Waals surface area contributed by atoms with Crippen LogP contribution in [0.15, 0.2) is 6.07 Å². The van der Waals surface area contributed by atoms with Crippen molar-refractivity contribution in [2.24, 2.45) is 0 Å². The highest BCUT2D eigenvalue weighted by Gasteiger charge is 2.18. The lowest BCUT2D eigenvalue weighted by atomic mass is 10.0. The van der Waals surface area contributed by atoms with E-state index in [1.54, 1.807) is 0 Å². The Kier molecular flexibility index (Phi) is 4.79. The Morgan fingerprint density at radius 1 is 1.33 bits per heavy atom. The molecule has 0 saturated carbocycles. The van der Waals surface area contributed by atoms with E-state index < -0.39 is 6.16 Å². The van der Waals surface area contributed by atoms with Crippen molar-refractivity contribution in [3.8, 4) is 17.2 Å². The Bertz CT molecular complexity index is 441. The minimum atomic E-state index is -1.70. The number of hydrogen-bond donors (Lipinski definition) is 1. The van der Waals surface area contributed by atoms with Crippen molar-refractivity contribution in [1.29, 1.82) is 0 Å². The number of rotatable bonds is 5. The van der Waals surface area contributed by atoms with Crippen molar-refractivity contribution in [2.45, 2.75) is 20.0 Å². The van der Waals surface area contributed by atoms with Crippen LogP contribution in [0.5, 0.6) is 17.2 Å². The number of aliphatic hydroxyl groups excluding tert-OH is 1. The van der Waals surface area contributed by atoms with E-state index in [2.05, 4.69) is 4.74 Å². The van der Waals surface area contributed by atoms with Gasteiger partial charge in [0.15, 0.2) is 0 Å². The van der Waals surface area contributed by atoms with Gasteiger partial charge in [-0.05, 0) is 18.1 Å². The van der Waals surface area contributed by atoms with Gasteiger partial charge in [-0.2, -0.15) is 0 Å². The van der Waals surface area contributed by atoms with E-state index in [4.69, 9.17) is 9.47 Å². The zero-order valence-electron chi connectivity index (χ0n) is 10.5. The Hall–Kier alpha value is -1.95. The fourth-order valence-corrected chi connectivity index (χ4v) is 1.78. The molecule has 1 aromatic rings. The molecule has 0 saturated heterocycles. The minimum Gasteiger partial charge on any atom is -0.506 e. The highest BCUT2D eigenvalue weighted by atomic mass is 16.7. The molecule has 0 bridgehead atoms. The Morgan fingerprint density at radius 3 is 2.39 bits per heavy atom.